The minimum absolute atomic E-state index is 0.0830. The van der Waals surface area contributed by atoms with Gasteiger partial charge in [-0.2, -0.15) is 0 Å². The molecule has 0 aliphatic rings. The summed E-state index contributed by atoms with van der Waals surface area (Å²) in [6, 6.07) is 12.6. The van der Waals surface area contributed by atoms with Crippen LogP contribution in [0.1, 0.15) is 54.8 Å². The summed E-state index contributed by atoms with van der Waals surface area (Å²) in [6.45, 7) is 5.91. The monoisotopic (exact) mass is 542 g/mol. The van der Waals surface area contributed by atoms with Crippen molar-refractivity contribution in [2.24, 2.45) is 5.92 Å². The number of aromatic amines is 1. The van der Waals surface area contributed by atoms with Gasteiger partial charge in [-0.1, -0.05) is 61.8 Å². The zero-order valence-corrected chi connectivity index (χ0v) is 22.6. The highest BCUT2D eigenvalue weighted by molar-refractivity contribution is 6.31. The fourth-order valence-corrected chi connectivity index (χ4v) is 4.43. The molecule has 2 amide bonds. The van der Waals surface area contributed by atoms with Crippen LogP contribution in [0.5, 0.6) is 0 Å². The third-order valence-electron chi connectivity index (χ3n) is 5.94. The number of hydrogen-bond donors (Lipinski definition) is 5. The number of carbonyl (C=O) groups excluding carboxylic acids is 3. The summed E-state index contributed by atoms with van der Waals surface area (Å²) in [5.41, 5.74) is 1.93. The van der Waals surface area contributed by atoms with Crippen LogP contribution in [0.15, 0.2) is 48.5 Å². The molecule has 1 heterocycles. The molecule has 38 heavy (non-hydrogen) atoms. The van der Waals surface area contributed by atoms with Gasteiger partial charge in [0.2, 0.25) is 11.8 Å². The maximum Gasteiger partial charge on any atom is 0.355 e. The van der Waals surface area contributed by atoms with E-state index in [9.17, 15) is 19.5 Å². The van der Waals surface area contributed by atoms with Gasteiger partial charge in [0, 0.05) is 34.6 Å². The van der Waals surface area contributed by atoms with Gasteiger partial charge in [-0.05, 0) is 37.0 Å². The van der Waals surface area contributed by atoms with Crippen molar-refractivity contribution in [2.75, 3.05) is 19.8 Å². The van der Waals surface area contributed by atoms with Gasteiger partial charge < -0.3 is 25.5 Å². The Morgan fingerprint density at radius 3 is 2.45 bits per heavy atom. The van der Waals surface area contributed by atoms with Crippen LogP contribution in [0.4, 0.5) is 0 Å². The summed E-state index contributed by atoms with van der Waals surface area (Å²) in [7, 11) is 0. The molecular formula is C28H35ClN4O5. The van der Waals surface area contributed by atoms with Gasteiger partial charge in [0.05, 0.1) is 19.3 Å². The van der Waals surface area contributed by atoms with E-state index >= 15 is 0 Å². The SMILES string of the molecule is CCOC(=O)c1[nH]c2cc(Cl)ccc2c1C(NC(CC(C)C)C(=O)NCCO)C(=O)NCc1ccccc1. The molecule has 0 bridgehead atoms. The topological polar surface area (TPSA) is 133 Å². The van der Waals surface area contributed by atoms with Gasteiger partial charge in [-0.15, -0.1) is 0 Å². The van der Waals surface area contributed by atoms with Gasteiger partial charge in [0.1, 0.15) is 11.7 Å². The summed E-state index contributed by atoms with van der Waals surface area (Å²) in [5.74, 6) is -1.28. The number of aliphatic hydroxyl groups is 1. The first-order valence-corrected chi connectivity index (χ1v) is 13.1. The Hall–Kier alpha value is -3.40. The van der Waals surface area contributed by atoms with Crippen LogP contribution in [0.3, 0.4) is 0 Å². The predicted octanol–water partition coefficient (Wildman–Crippen LogP) is 3.47. The first-order valence-electron chi connectivity index (χ1n) is 12.7. The number of fused-ring (bicyclic) bond motifs is 1. The molecule has 0 fully saturated rings. The predicted molar refractivity (Wildman–Crippen MR) is 147 cm³/mol. The highest BCUT2D eigenvalue weighted by Gasteiger charge is 2.34. The maximum absolute atomic E-state index is 13.8. The van der Waals surface area contributed by atoms with Crippen LogP contribution in [-0.2, 0) is 20.9 Å². The molecule has 3 rings (SSSR count). The van der Waals surface area contributed by atoms with Crippen LogP contribution in [0, 0.1) is 5.92 Å². The molecule has 0 radical (unpaired) electrons. The van der Waals surface area contributed by atoms with Crippen LogP contribution >= 0.6 is 11.6 Å². The molecule has 2 aromatic carbocycles. The zero-order valence-electron chi connectivity index (χ0n) is 21.8. The van der Waals surface area contributed by atoms with E-state index in [4.69, 9.17) is 16.3 Å². The molecule has 0 saturated carbocycles. The number of benzene rings is 2. The number of hydrogen-bond acceptors (Lipinski definition) is 6. The number of aliphatic hydroxyl groups excluding tert-OH is 1. The highest BCUT2D eigenvalue weighted by Crippen LogP contribution is 2.32. The minimum atomic E-state index is -1.09. The number of rotatable bonds is 13. The van der Waals surface area contributed by atoms with Crippen molar-refractivity contribution >= 4 is 40.3 Å². The minimum Gasteiger partial charge on any atom is -0.461 e. The Kier molecular flexibility index (Phi) is 10.7. The van der Waals surface area contributed by atoms with Crippen LogP contribution in [0.2, 0.25) is 5.02 Å². The summed E-state index contributed by atoms with van der Waals surface area (Å²) >= 11 is 6.21. The van der Waals surface area contributed by atoms with Crippen LogP contribution in [0.25, 0.3) is 10.9 Å². The van der Waals surface area contributed by atoms with E-state index in [0.717, 1.165) is 5.56 Å². The zero-order chi connectivity index (χ0) is 27.7. The van der Waals surface area contributed by atoms with Crippen molar-refractivity contribution in [3.8, 4) is 0 Å². The Morgan fingerprint density at radius 1 is 1.05 bits per heavy atom. The lowest BCUT2D eigenvalue weighted by Gasteiger charge is -2.26. The summed E-state index contributed by atoms with van der Waals surface area (Å²) in [6.07, 6.45) is 0.419. The Morgan fingerprint density at radius 2 is 1.79 bits per heavy atom. The smallest absolute Gasteiger partial charge is 0.355 e. The fourth-order valence-electron chi connectivity index (χ4n) is 4.26. The van der Waals surface area contributed by atoms with Crippen molar-refractivity contribution < 1.29 is 24.2 Å². The van der Waals surface area contributed by atoms with E-state index in [-0.39, 0.29) is 43.8 Å². The third-order valence-corrected chi connectivity index (χ3v) is 6.18. The molecule has 2 atom stereocenters. The molecule has 0 spiro atoms. The van der Waals surface area contributed by atoms with Gasteiger partial charge in [0.15, 0.2) is 0 Å². The van der Waals surface area contributed by atoms with Crippen molar-refractivity contribution in [2.45, 2.75) is 45.8 Å². The van der Waals surface area contributed by atoms with Crippen molar-refractivity contribution in [3.63, 3.8) is 0 Å². The lowest BCUT2D eigenvalue weighted by molar-refractivity contribution is -0.126. The normalized spacial score (nSPS) is 12.8. The van der Waals surface area contributed by atoms with Gasteiger partial charge in [0.25, 0.3) is 0 Å². The second kappa shape index (κ2) is 13.9. The number of amides is 2. The average Bonchev–Trinajstić information content (AvgIpc) is 3.27. The van der Waals surface area contributed by atoms with E-state index < -0.39 is 24.0 Å². The molecule has 2 unspecified atom stereocenters. The largest absolute Gasteiger partial charge is 0.461 e. The van der Waals surface area contributed by atoms with Crippen molar-refractivity contribution in [1.82, 2.24) is 20.9 Å². The number of aromatic nitrogens is 1. The molecule has 9 nitrogen and oxygen atoms in total. The number of carbonyl (C=O) groups is 3. The van der Waals surface area contributed by atoms with Crippen molar-refractivity contribution in [3.05, 3.63) is 70.4 Å². The van der Waals surface area contributed by atoms with E-state index in [0.29, 0.717) is 27.9 Å². The van der Waals surface area contributed by atoms with E-state index in [1.165, 1.54) is 0 Å². The van der Waals surface area contributed by atoms with Crippen LogP contribution < -0.4 is 16.0 Å². The lowest BCUT2D eigenvalue weighted by Crippen LogP contribution is -2.50. The number of ether oxygens (including phenoxy) is 1. The summed E-state index contributed by atoms with van der Waals surface area (Å²) in [5, 5.41) is 19.1. The van der Waals surface area contributed by atoms with Gasteiger partial charge >= 0.3 is 5.97 Å². The quantitative estimate of drug-likeness (QED) is 0.210. The van der Waals surface area contributed by atoms with E-state index in [2.05, 4.69) is 20.9 Å². The lowest BCUT2D eigenvalue weighted by atomic mass is 9.97. The summed E-state index contributed by atoms with van der Waals surface area (Å²) < 4.78 is 5.29. The molecule has 204 valence electrons. The molecule has 0 aliphatic carbocycles. The molecule has 3 aromatic rings. The molecule has 10 heteroatoms. The number of H-pyrrole nitrogens is 1. The Bertz CT molecular complexity index is 1240. The number of esters is 1. The van der Waals surface area contributed by atoms with E-state index in [1.54, 1.807) is 25.1 Å². The Balaban J connectivity index is 2.09. The first-order chi connectivity index (χ1) is 18.2. The molecule has 5 N–H and O–H groups in total. The second-order valence-electron chi connectivity index (χ2n) is 9.32. The second-order valence-corrected chi connectivity index (χ2v) is 9.76. The Labute approximate surface area is 227 Å². The highest BCUT2D eigenvalue weighted by atomic mass is 35.5. The maximum atomic E-state index is 13.8. The van der Waals surface area contributed by atoms with E-state index in [1.807, 2.05) is 44.2 Å². The first kappa shape index (κ1) is 29.2. The van der Waals surface area contributed by atoms with Crippen LogP contribution in [-0.4, -0.2) is 53.7 Å². The van der Waals surface area contributed by atoms with Gasteiger partial charge in [-0.3, -0.25) is 14.9 Å². The number of halogens is 1. The van der Waals surface area contributed by atoms with Crippen molar-refractivity contribution in [1.29, 1.82) is 0 Å². The molecule has 1 aromatic heterocycles. The molecule has 0 aliphatic heterocycles. The summed E-state index contributed by atoms with van der Waals surface area (Å²) in [4.78, 5) is 42.9. The molecular weight excluding hydrogens is 508 g/mol. The number of nitrogens with one attached hydrogen (secondary N) is 4. The standard InChI is InChI=1S/C28H35ClN4O5/c1-4-38-28(37)25-23(20-11-10-19(29)15-21(20)32-25)24(27(36)31-16-18-8-6-5-7-9-18)33-22(14-17(2)3)26(35)30-12-13-34/h5-11,15,17,22,24,32-34H,4,12-14,16H2,1-3H3,(H,30,35)(H,31,36). The third kappa shape index (κ3) is 7.56. The van der Waals surface area contributed by atoms with Gasteiger partial charge in [-0.25, -0.2) is 4.79 Å². The average molecular weight is 543 g/mol. The molecule has 0 saturated heterocycles. The fraction of sp³-hybridized carbons (Fsp3) is 0.393.